The molecule has 0 aliphatic heterocycles. The van der Waals surface area contributed by atoms with Gasteiger partial charge in [0, 0.05) is 6.04 Å². The molecule has 1 fully saturated rings. The van der Waals surface area contributed by atoms with Crippen molar-refractivity contribution in [3.05, 3.63) is 35.1 Å². The molecule has 1 aliphatic rings. The van der Waals surface area contributed by atoms with Crippen LogP contribution in [-0.2, 0) is 16.1 Å². The van der Waals surface area contributed by atoms with Gasteiger partial charge >= 0.3 is 5.97 Å². The summed E-state index contributed by atoms with van der Waals surface area (Å²) in [6, 6.07) is 7.70. The molecule has 1 aromatic heterocycles. The predicted molar refractivity (Wildman–Crippen MR) is 96.0 cm³/mol. The fraction of sp³-hybridized carbons (Fsp3) is 0.471. The molecule has 3 rings (SSSR count). The number of halogens is 1. The minimum Gasteiger partial charge on any atom is -0.484 e. The largest absolute Gasteiger partial charge is 0.484 e. The lowest BCUT2D eigenvalue weighted by atomic mass is 10.3. The van der Waals surface area contributed by atoms with Crippen molar-refractivity contribution in [1.29, 1.82) is 0 Å². The lowest BCUT2D eigenvalue weighted by Crippen LogP contribution is -2.14. The second-order valence-corrected chi connectivity index (χ2v) is 7.40. The first-order valence-electron chi connectivity index (χ1n) is 8.18. The number of rotatable bonds is 8. The van der Waals surface area contributed by atoms with Crippen molar-refractivity contribution >= 4 is 29.3 Å². The lowest BCUT2D eigenvalue weighted by Gasteiger charge is -2.11. The van der Waals surface area contributed by atoms with Gasteiger partial charge in [-0.1, -0.05) is 35.5 Å². The number of hydrogen-bond donors (Lipinski definition) is 0. The molecule has 0 saturated heterocycles. The van der Waals surface area contributed by atoms with Crippen LogP contribution in [0.5, 0.6) is 5.75 Å². The zero-order valence-corrected chi connectivity index (χ0v) is 15.7. The third-order valence-corrected chi connectivity index (χ3v) is 4.76. The van der Waals surface area contributed by atoms with E-state index in [0.29, 0.717) is 16.8 Å². The maximum Gasteiger partial charge on any atom is 0.316 e. The highest BCUT2D eigenvalue weighted by atomic mass is 35.5. The molecule has 0 radical (unpaired) electrons. The first-order valence-corrected chi connectivity index (χ1v) is 9.54. The maximum atomic E-state index is 11.7. The molecule has 1 heterocycles. The summed E-state index contributed by atoms with van der Waals surface area (Å²) in [6.07, 6.45) is 2.05. The molecule has 0 unspecified atom stereocenters. The molecule has 0 amide bonds. The summed E-state index contributed by atoms with van der Waals surface area (Å²) < 4.78 is 13.0. The van der Waals surface area contributed by atoms with E-state index in [2.05, 4.69) is 14.8 Å². The van der Waals surface area contributed by atoms with E-state index in [9.17, 15) is 4.79 Å². The van der Waals surface area contributed by atoms with Gasteiger partial charge in [-0.3, -0.25) is 9.36 Å². The Kier molecular flexibility index (Phi) is 5.86. The SMILES string of the molecule is CC(C)OC(=O)CSc1nnc(COc2ccccc2Cl)n1C1CC1. The van der Waals surface area contributed by atoms with E-state index in [1.807, 2.05) is 32.0 Å². The Morgan fingerprint density at radius 3 is 2.80 bits per heavy atom. The number of para-hydroxylation sites is 1. The van der Waals surface area contributed by atoms with Gasteiger partial charge in [0.2, 0.25) is 0 Å². The van der Waals surface area contributed by atoms with Crippen molar-refractivity contribution < 1.29 is 14.3 Å². The fourth-order valence-corrected chi connectivity index (χ4v) is 3.33. The van der Waals surface area contributed by atoms with Gasteiger partial charge in [-0.2, -0.15) is 0 Å². The van der Waals surface area contributed by atoms with Crippen LogP contribution in [0.3, 0.4) is 0 Å². The summed E-state index contributed by atoms with van der Waals surface area (Å²) in [5, 5.41) is 9.74. The van der Waals surface area contributed by atoms with E-state index >= 15 is 0 Å². The summed E-state index contributed by atoms with van der Waals surface area (Å²) in [5.41, 5.74) is 0. The van der Waals surface area contributed by atoms with E-state index in [1.54, 1.807) is 6.07 Å². The molecule has 0 atom stereocenters. The molecule has 8 heteroatoms. The molecule has 134 valence electrons. The highest BCUT2D eigenvalue weighted by Crippen LogP contribution is 2.39. The normalized spacial score (nSPS) is 13.9. The number of ether oxygens (including phenoxy) is 2. The number of hydrogen-bond acceptors (Lipinski definition) is 6. The third kappa shape index (κ3) is 4.89. The van der Waals surface area contributed by atoms with Crippen molar-refractivity contribution in [2.24, 2.45) is 0 Å². The van der Waals surface area contributed by atoms with E-state index < -0.39 is 0 Å². The molecule has 0 spiro atoms. The second-order valence-electron chi connectivity index (χ2n) is 6.05. The van der Waals surface area contributed by atoms with Crippen LogP contribution in [0.15, 0.2) is 29.4 Å². The average Bonchev–Trinajstić information content (AvgIpc) is 3.32. The standard InChI is InChI=1S/C17H20ClN3O3S/c1-11(2)24-16(22)10-25-17-20-19-15(21(17)12-7-8-12)9-23-14-6-4-3-5-13(14)18/h3-6,11-12H,7-10H2,1-2H3. The maximum absolute atomic E-state index is 11.7. The first-order chi connectivity index (χ1) is 12.0. The first kappa shape index (κ1) is 18.1. The summed E-state index contributed by atoms with van der Waals surface area (Å²) in [4.78, 5) is 11.7. The highest BCUT2D eigenvalue weighted by molar-refractivity contribution is 7.99. The minimum absolute atomic E-state index is 0.117. The zero-order chi connectivity index (χ0) is 17.8. The monoisotopic (exact) mass is 381 g/mol. The van der Waals surface area contributed by atoms with Crippen LogP contribution in [0.25, 0.3) is 0 Å². The van der Waals surface area contributed by atoms with Gasteiger partial charge in [-0.05, 0) is 38.8 Å². The van der Waals surface area contributed by atoms with Gasteiger partial charge in [0.25, 0.3) is 0 Å². The van der Waals surface area contributed by atoms with E-state index in [1.165, 1.54) is 11.8 Å². The number of thioether (sulfide) groups is 1. The molecule has 6 nitrogen and oxygen atoms in total. The smallest absolute Gasteiger partial charge is 0.316 e. The van der Waals surface area contributed by atoms with Crippen LogP contribution in [-0.4, -0.2) is 32.6 Å². The zero-order valence-electron chi connectivity index (χ0n) is 14.1. The lowest BCUT2D eigenvalue weighted by molar-refractivity contribution is -0.144. The quantitative estimate of drug-likeness (QED) is 0.510. The number of aromatic nitrogens is 3. The van der Waals surface area contributed by atoms with Gasteiger partial charge < -0.3 is 9.47 Å². The molecular weight excluding hydrogens is 362 g/mol. The number of esters is 1. The Morgan fingerprint density at radius 1 is 1.36 bits per heavy atom. The summed E-state index contributed by atoms with van der Waals surface area (Å²) in [6.45, 7) is 3.95. The van der Waals surface area contributed by atoms with Crippen LogP contribution >= 0.6 is 23.4 Å². The summed E-state index contributed by atoms with van der Waals surface area (Å²) >= 11 is 7.46. The Balaban J connectivity index is 1.66. The third-order valence-electron chi connectivity index (χ3n) is 3.53. The van der Waals surface area contributed by atoms with Gasteiger partial charge in [-0.25, -0.2) is 0 Å². The highest BCUT2D eigenvalue weighted by Gasteiger charge is 2.30. The van der Waals surface area contributed by atoms with Crippen molar-refractivity contribution in [2.75, 3.05) is 5.75 Å². The minimum atomic E-state index is -0.251. The molecule has 25 heavy (non-hydrogen) atoms. The van der Waals surface area contributed by atoms with Crippen LogP contribution in [0, 0.1) is 0 Å². The average molecular weight is 382 g/mol. The number of carbonyl (C=O) groups excluding carboxylic acids is 1. The number of benzene rings is 1. The molecule has 0 bridgehead atoms. The van der Waals surface area contributed by atoms with Gasteiger partial charge in [0.15, 0.2) is 11.0 Å². The molecule has 1 aliphatic carbocycles. The second kappa shape index (κ2) is 8.10. The van der Waals surface area contributed by atoms with E-state index in [4.69, 9.17) is 21.1 Å². The number of carbonyl (C=O) groups is 1. The van der Waals surface area contributed by atoms with Crippen molar-refractivity contribution in [2.45, 2.75) is 50.6 Å². The molecule has 1 saturated carbocycles. The van der Waals surface area contributed by atoms with Gasteiger partial charge in [-0.15, -0.1) is 10.2 Å². The molecule has 2 aromatic rings. The fourth-order valence-electron chi connectivity index (χ4n) is 2.33. The Hall–Kier alpha value is -1.73. The Morgan fingerprint density at radius 2 is 2.12 bits per heavy atom. The molecule has 1 aromatic carbocycles. The Labute approximate surface area is 155 Å². The molecule has 0 N–H and O–H groups in total. The van der Waals surface area contributed by atoms with E-state index in [0.717, 1.165) is 23.8 Å². The van der Waals surface area contributed by atoms with Crippen LogP contribution in [0.2, 0.25) is 5.02 Å². The summed E-state index contributed by atoms with van der Waals surface area (Å²) in [7, 11) is 0. The van der Waals surface area contributed by atoms with E-state index in [-0.39, 0.29) is 24.4 Å². The van der Waals surface area contributed by atoms with Crippen molar-refractivity contribution in [1.82, 2.24) is 14.8 Å². The Bertz CT molecular complexity index is 746. The number of nitrogens with zero attached hydrogens (tertiary/aromatic N) is 3. The van der Waals surface area contributed by atoms with Crippen LogP contribution in [0.4, 0.5) is 0 Å². The summed E-state index contributed by atoms with van der Waals surface area (Å²) in [5.74, 6) is 1.32. The predicted octanol–water partition coefficient (Wildman–Crippen LogP) is 3.89. The van der Waals surface area contributed by atoms with Crippen LogP contribution < -0.4 is 4.74 Å². The van der Waals surface area contributed by atoms with Crippen molar-refractivity contribution in [3.63, 3.8) is 0 Å². The topological polar surface area (TPSA) is 66.2 Å². The van der Waals surface area contributed by atoms with Gasteiger partial charge in [0.1, 0.15) is 12.4 Å². The van der Waals surface area contributed by atoms with Crippen LogP contribution in [0.1, 0.15) is 38.6 Å². The molecular formula is C17H20ClN3O3S. The van der Waals surface area contributed by atoms with Crippen molar-refractivity contribution in [3.8, 4) is 5.75 Å². The van der Waals surface area contributed by atoms with Gasteiger partial charge in [0.05, 0.1) is 16.9 Å².